The Labute approximate surface area is 165 Å². The van der Waals surface area contributed by atoms with Gasteiger partial charge in [0.1, 0.15) is 17.9 Å². The van der Waals surface area contributed by atoms with Crippen LogP contribution in [0.4, 0.5) is 9.59 Å². The SMILES string of the molecule is COC(=O)/C(=C/C(C)(C)NC(=O)OCc1ccccc1)NC(=O)OC(C)(C)C. The van der Waals surface area contributed by atoms with Gasteiger partial charge in [-0.25, -0.2) is 14.4 Å². The van der Waals surface area contributed by atoms with Crippen LogP contribution in [0.5, 0.6) is 0 Å². The highest BCUT2D eigenvalue weighted by molar-refractivity contribution is 5.92. The summed E-state index contributed by atoms with van der Waals surface area (Å²) < 4.78 is 15.0. The van der Waals surface area contributed by atoms with Gasteiger partial charge in [-0.1, -0.05) is 30.3 Å². The van der Waals surface area contributed by atoms with Crippen LogP contribution in [-0.4, -0.2) is 36.4 Å². The van der Waals surface area contributed by atoms with Gasteiger partial charge in [-0.2, -0.15) is 0 Å². The summed E-state index contributed by atoms with van der Waals surface area (Å²) in [7, 11) is 1.18. The molecule has 2 amide bonds. The lowest BCUT2D eigenvalue weighted by atomic mass is 10.0. The molecule has 0 aliphatic rings. The molecule has 0 saturated carbocycles. The Bertz CT molecular complexity index is 720. The maximum absolute atomic E-state index is 12.1. The summed E-state index contributed by atoms with van der Waals surface area (Å²) in [5.41, 5.74) is -1.08. The van der Waals surface area contributed by atoms with Crippen molar-refractivity contribution in [2.75, 3.05) is 7.11 Å². The van der Waals surface area contributed by atoms with Crippen LogP contribution in [0.2, 0.25) is 0 Å². The summed E-state index contributed by atoms with van der Waals surface area (Å²) in [6.07, 6.45) is -0.134. The summed E-state index contributed by atoms with van der Waals surface area (Å²) in [4.78, 5) is 36.0. The summed E-state index contributed by atoms with van der Waals surface area (Å²) in [5.74, 6) is -0.779. The number of rotatable bonds is 6. The molecular weight excluding hydrogens is 364 g/mol. The average Bonchev–Trinajstić information content (AvgIpc) is 2.57. The van der Waals surface area contributed by atoms with Crippen molar-refractivity contribution in [1.82, 2.24) is 10.6 Å². The molecule has 2 N–H and O–H groups in total. The van der Waals surface area contributed by atoms with Gasteiger partial charge in [0, 0.05) is 0 Å². The van der Waals surface area contributed by atoms with Crippen LogP contribution >= 0.6 is 0 Å². The molecule has 0 spiro atoms. The molecule has 1 aromatic carbocycles. The third-order valence-corrected chi connectivity index (χ3v) is 3.18. The Morgan fingerprint density at radius 1 is 1.00 bits per heavy atom. The van der Waals surface area contributed by atoms with Gasteiger partial charge in [0.05, 0.1) is 12.6 Å². The quantitative estimate of drug-likeness (QED) is 0.438. The average molecular weight is 392 g/mol. The van der Waals surface area contributed by atoms with E-state index in [9.17, 15) is 14.4 Å². The lowest BCUT2D eigenvalue weighted by Gasteiger charge is -2.24. The van der Waals surface area contributed by atoms with Crippen LogP contribution in [0.1, 0.15) is 40.2 Å². The van der Waals surface area contributed by atoms with Crippen LogP contribution < -0.4 is 10.6 Å². The molecule has 0 unspecified atom stereocenters. The van der Waals surface area contributed by atoms with Crippen molar-refractivity contribution in [1.29, 1.82) is 0 Å². The molecule has 0 aliphatic carbocycles. The molecule has 0 heterocycles. The maximum atomic E-state index is 12.1. The monoisotopic (exact) mass is 392 g/mol. The first kappa shape index (κ1) is 23.0. The van der Waals surface area contributed by atoms with E-state index >= 15 is 0 Å². The Kier molecular flexibility index (Phi) is 8.03. The van der Waals surface area contributed by atoms with Gasteiger partial charge < -0.3 is 19.5 Å². The van der Waals surface area contributed by atoms with E-state index in [0.717, 1.165) is 5.56 Å². The fourth-order valence-corrected chi connectivity index (χ4v) is 2.09. The lowest BCUT2D eigenvalue weighted by molar-refractivity contribution is -0.136. The van der Waals surface area contributed by atoms with Crippen molar-refractivity contribution in [2.45, 2.75) is 52.4 Å². The van der Waals surface area contributed by atoms with Crippen molar-refractivity contribution in [3.63, 3.8) is 0 Å². The van der Waals surface area contributed by atoms with Gasteiger partial charge in [0.2, 0.25) is 0 Å². The maximum Gasteiger partial charge on any atom is 0.412 e. The Balaban J connectivity index is 2.78. The molecule has 0 saturated heterocycles. The highest BCUT2D eigenvalue weighted by Crippen LogP contribution is 2.12. The van der Waals surface area contributed by atoms with E-state index in [1.807, 2.05) is 30.3 Å². The third kappa shape index (κ3) is 9.07. The highest BCUT2D eigenvalue weighted by atomic mass is 16.6. The number of esters is 1. The van der Waals surface area contributed by atoms with E-state index in [-0.39, 0.29) is 12.3 Å². The zero-order chi connectivity index (χ0) is 21.4. The molecule has 0 radical (unpaired) electrons. The number of hydrogen-bond donors (Lipinski definition) is 2. The summed E-state index contributed by atoms with van der Waals surface area (Å²) in [6, 6.07) is 9.21. The van der Waals surface area contributed by atoms with Crippen molar-refractivity contribution >= 4 is 18.2 Å². The zero-order valence-electron chi connectivity index (χ0n) is 17.1. The molecule has 0 aromatic heterocycles. The first-order valence-electron chi connectivity index (χ1n) is 8.72. The van der Waals surface area contributed by atoms with Gasteiger partial charge in [-0.05, 0) is 46.3 Å². The minimum absolute atomic E-state index is 0.104. The van der Waals surface area contributed by atoms with E-state index in [4.69, 9.17) is 9.47 Å². The highest BCUT2D eigenvalue weighted by Gasteiger charge is 2.25. The number of carbonyl (C=O) groups is 3. The second-order valence-corrected chi connectivity index (χ2v) is 7.58. The van der Waals surface area contributed by atoms with E-state index < -0.39 is 29.3 Å². The minimum Gasteiger partial charge on any atom is -0.464 e. The number of benzene rings is 1. The Hall–Kier alpha value is -3.03. The van der Waals surface area contributed by atoms with Crippen LogP contribution in [0, 0.1) is 0 Å². The fraction of sp³-hybridized carbons (Fsp3) is 0.450. The smallest absolute Gasteiger partial charge is 0.412 e. The van der Waals surface area contributed by atoms with Crippen molar-refractivity contribution in [3.05, 3.63) is 47.7 Å². The van der Waals surface area contributed by atoms with E-state index in [1.54, 1.807) is 34.6 Å². The summed E-state index contributed by atoms with van der Waals surface area (Å²) in [5, 5.41) is 4.96. The molecule has 0 atom stereocenters. The number of carbonyl (C=O) groups excluding carboxylic acids is 3. The van der Waals surface area contributed by atoms with Gasteiger partial charge in [0.25, 0.3) is 0 Å². The van der Waals surface area contributed by atoms with E-state index in [0.29, 0.717) is 0 Å². The predicted octanol–water partition coefficient (Wildman–Crippen LogP) is 3.27. The van der Waals surface area contributed by atoms with Gasteiger partial charge in [0.15, 0.2) is 0 Å². The van der Waals surface area contributed by atoms with Crippen LogP contribution in [0.25, 0.3) is 0 Å². The minimum atomic E-state index is -1.02. The van der Waals surface area contributed by atoms with E-state index in [2.05, 4.69) is 15.4 Å². The topological polar surface area (TPSA) is 103 Å². The van der Waals surface area contributed by atoms with Gasteiger partial charge in [-0.15, -0.1) is 0 Å². The Morgan fingerprint density at radius 3 is 2.14 bits per heavy atom. The van der Waals surface area contributed by atoms with Crippen molar-refractivity contribution in [2.24, 2.45) is 0 Å². The molecule has 8 heteroatoms. The van der Waals surface area contributed by atoms with Crippen molar-refractivity contribution in [3.8, 4) is 0 Å². The molecule has 28 heavy (non-hydrogen) atoms. The standard InChI is InChI=1S/C20H28N2O6/c1-19(2,3)28-17(24)21-15(16(23)26-6)12-20(4,5)22-18(25)27-13-14-10-8-7-9-11-14/h7-12H,13H2,1-6H3,(H,21,24)(H,22,25)/b15-12-. The van der Waals surface area contributed by atoms with Crippen LogP contribution in [-0.2, 0) is 25.6 Å². The predicted molar refractivity (Wildman–Crippen MR) is 103 cm³/mol. The summed E-state index contributed by atoms with van der Waals surface area (Å²) in [6.45, 7) is 8.46. The molecule has 1 rings (SSSR count). The first-order valence-corrected chi connectivity index (χ1v) is 8.72. The lowest BCUT2D eigenvalue weighted by Crippen LogP contribution is -2.44. The second kappa shape index (κ2) is 9.77. The van der Waals surface area contributed by atoms with Gasteiger partial charge >= 0.3 is 18.2 Å². The van der Waals surface area contributed by atoms with E-state index in [1.165, 1.54) is 13.2 Å². The first-order chi connectivity index (χ1) is 12.9. The van der Waals surface area contributed by atoms with Crippen LogP contribution in [0.3, 0.4) is 0 Å². The molecule has 0 bridgehead atoms. The number of methoxy groups -OCH3 is 1. The molecule has 1 aromatic rings. The summed E-state index contributed by atoms with van der Waals surface area (Å²) >= 11 is 0. The van der Waals surface area contributed by atoms with Gasteiger partial charge in [-0.3, -0.25) is 5.32 Å². The second-order valence-electron chi connectivity index (χ2n) is 7.58. The van der Waals surface area contributed by atoms with Crippen LogP contribution in [0.15, 0.2) is 42.1 Å². The number of nitrogens with one attached hydrogen (secondary N) is 2. The molecule has 0 aliphatic heterocycles. The normalized spacial score (nSPS) is 12.0. The molecular formula is C20H28N2O6. The third-order valence-electron chi connectivity index (χ3n) is 3.18. The fourth-order valence-electron chi connectivity index (χ4n) is 2.09. The zero-order valence-corrected chi connectivity index (χ0v) is 17.1. The van der Waals surface area contributed by atoms with Crippen molar-refractivity contribution < 1.29 is 28.6 Å². The number of ether oxygens (including phenoxy) is 3. The number of amides is 2. The molecule has 0 fully saturated rings. The largest absolute Gasteiger partial charge is 0.464 e. The number of hydrogen-bond acceptors (Lipinski definition) is 6. The molecule has 154 valence electrons. The molecule has 8 nitrogen and oxygen atoms in total. The Morgan fingerprint density at radius 2 is 1.61 bits per heavy atom. The number of alkyl carbamates (subject to hydrolysis) is 2.